The Morgan fingerprint density at radius 2 is 1.56 bits per heavy atom. The molecule has 0 bridgehead atoms. The minimum Gasteiger partial charge on any atom is -0.391 e. The maximum Gasteiger partial charge on any atom is 0.205 e. The molecule has 0 unspecified atom stereocenters. The first-order valence-electron chi connectivity index (χ1n) is 7.36. The summed E-state index contributed by atoms with van der Waals surface area (Å²) in [5.41, 5.74) is 1.16. The van der Waals surface area contributed by atoms with Crippen LogP contribution in [0.15, 0.2) is 60.9 Å². The summed E-state index contributed by atoms with van der Waals surface area (Å²) in [6.07, 6.45) is 2.31. The van der Waals surface area contributed by atoms with Crippen LogP contribution in [0.4, 0.5) is 13.2 Å². The third-order valence-corrected chi connectivity index (χ3v) is 3.10. The molecule has 0 aliphatic rings. The van der Waals surface area contributed by atoms with Gasteiger partial charge in [-0.1, -0.05) is 29.8 Å². The van der Waals surface area contributed by atoms with Gasteiger partial charge in [-0.2, -0.15) is 4.39 Å². The van der Waals surface area contributed by atoms with E-state index in [0.29, 0.717) is 11.4 Å². The Morgan fingerprint density at radius 1 is 0.889 bits per heavy atom. The molecule has 0 saturated carbocycles. The number of halogens is 3. The van der Waals surface area contributed by atoms with Crippen LogP contribution in [0.3, 0.4) is 0 Å². The van der Waals surface area contributed by atoms with Crippen molar-refractivity contribution in [1.82, 2.24) is 25.1 Å². The predicted molar refractivity (Wildman–Crippen MR) is 87.0 cm³/mol. The minimum atomic E-state index is -0.823. The van der Waals surface area contributed by atoms with Crippen molar-refractivity contribution in [3.05, 3.63) is 84.7 Å². The van der Waals surface area contributed by atoms with Crippen LogP contribution in [0.1, 0.15) is 0 Å². The first-order chi connectivity index (χ1) is 12.6. The minimum absolute atomic E-state index is 0. The molecule has 3 aromatic heterocycles. The van der Waals surface area contributed by atoms with Gasteiger partial charge in [0.2, 0.25) is 6.08 Å². The van der Waals surface area contributed by atoms with E-state index in [4.69, 9.17) is 0 Å². The van der Waals surface area contributed by atoms with E-state index in [0.717, 1.165) is 12.1 Å². The summed E-state index contributed by atoms with van der Waals surface area (Å²) in [6.45, 7) is 0. The van der Waals surface area contributed by atoms with Crippen molar-refractivity contribution >= 4 is 0 Å². The fourth-order valence-electron chi connectivity index (χ4n) is 1.98. The molecule has 27 heavy (non-hydrogen) atoms. The molecule has 0 amide bonds. The number of benzene rings is 1. The number of aromatic nitrogens is 5. The standard InChI is InChI=1S/C11H6F2N.C7H4FN4.Ir/c12-8-4-5-9(10(13)7-8)11-3-1-2-6-14-11;8-7-10-6(11-12-7)5-3-1-2-4-9-5;/h1-4,6-7H;1-4H;/q2*-1;. The molecule has 139 valence electrons. The summed E-state index contributed by atoms with van der Waals surface area (Å²) < 4.78 is 38.1. The predicted octanol–water partition coefficient (Wildman–Crippen LogP) is 3.46. The van der Waals surface area contributed by atoms with E-state index < -0.39 is 17.7 Å². The van der Waals surface area contributed by atoms with Gasteiger partial charge in [-0.15, -0.1) is 12.1 Å². The van der Waals surface area contributed by atoms with Gasteiger partial charge in [-0.3, -0.25) is 13.8 Å². The Labute approximate surface area is 166 Å². The van der Waals surface area contributed by atoms with Crippen molar-refractivity contribution in [2.75, 3.05) is 0 Å². The second-order valence-corrected chi connectivity index (χ2v) is 4.88. The van der Waals surface area contributed by atoms with Crippen LogP contribution < -0.4 is 5.10 Å². The molecule has 1 radical (unpaired) electrons. The van der Waals surface area contributed by atoms with Crippen molar-refractivity contribution in [2.24, 2.45) is 0 Å². The summed E-state index contributed by atoms with van der Waals surface area (Å²) in [5.74, 6) is -1.07. The average Bonchev–Trinajstić information content (AvgIpc) is 3.10. The third-order valence-electron chi connectivity index (χ3n) is 3.10. The van der Waals surface area contributed by atoms with Crippen LogP contribution in [0.2, 0.25) is 0 Å². The number of nitrogens with zero attached hydrogens (tertiary/aromatic N) is 5. The number of hydrogen-bond acceptors (Lipinski definition) is 4. The Hall–Kier alpha value is -2.90. The van der Waals surface area contributed by atoms with Gasteiger partial charge in [0, 0.05) is 44.1 Å². The van der Waals surface area contributed by atoms with E-state index in [9.17, 15) is 13.2 Å². The molecule has 1 aromatic carbocycles. The van der Waals surface area contributed by atoms with Crippen molar-refractivity contribution in [3.63, 3.8) is 0 Å². The van der Waals surface area contributed by atoms with E-state index in [2.05, 4.69) is 31.2 Å². The molecule has 0 spiro atoms. The quantitative estimate of drug-likeness (QED) is 0.361. The summed E-state index contributed by atoms with van der Waals surface area (Å²) in [7, 11) is 0. The van der Waals surface area contributed by atoms with E-state index in [1.807, 2.05) is 0 Å². The van der Waals surface area contributed by atoms with Gasteiger partial charge in [0.05, 0.1) is 5.69 Å². The second-order valence-electron chi connectivity index (χ2n) is 4.88. The Kier molecular flexibility index (Phi) is 7.33. The van der Waals surface area contributed by atoms with E-state index >= 15 is 0 Å². The first-order valence-corrected chi connectivity index (χ1v) is 7.36. The van der Waals surface area contributed by atoms with Gasteiger partial charge in [0.25, 0.3) is 0 Å². The molecule has 9 heteroatoms. The van der Waals surface area contributed by atoms with Crippen molar-refractivity contribution in [2.45, 2.75) is 0 Å². The van der Waals surface area contributed by atoms with Gasteiger partial charge in [0.15, 0.2) is 0 Å². The summed E-state index contributed by atoms with van der Waals surface area (Å²) >= 11 is 0. The van der Waals surface area contributed by atoms with Crippen molar-refractivity contribution in [3.8, 4) is 22.8 Å². The van der Waals surface area contributed by atoms with E-state index in [1.54, 1.807) is 48.8 Å². The van der Waals surface area contributed by atoms with Crippen molar-refractivity contribution in [1.29, 1.82) is 0 Å². The molecule has 0 aliphatic heterocycles. The zero-order valence-corrected chi connectivity index (χ0v) is 15.9. The van der Waals surface area contributed by atoms with Gasteiger partial charge >= 0.3 is 0 Å². The van der Waals surface area contributed by atoms with E-state index in [-0.39, 0.29) is 31.5 Å². The average molecular weight is 546 g/mol. The zero-order valence-electron chi connectivity index (χ0n) is 13.5. The number of hydrogen-bond donors (Lipinski definition) is 0. The van der Waals surface area contributed by atoms with E-state index in [1.165, 1.54) is 0 Å². The van der Waals surface area contributed by atoms with Crippen LogP contribution in [0.25, 0.3) is 22.8 Å². The molecule has 0 fully saturated rings. The van der Waals surface area contributed by atoms with Crippen LogP contribution in [0, 0.1) is 23.8 Å². The molecular weight excluding hydrogens is 535 g/mol. The van der Waals surface area contributed by atoms with Crippen LogP contribution in [-0.4, -0.2) is 20.1 Å². The Balaban J connectivity index is 0.000000189. The van der Waals surface area contributed by atoms with Gasteiger partial charge < -0.3 is 15.1 Å². The molecule has 0 atom stereocenters. The Bertz CT molecular complexity index is 981. The molecule has 4 rings (SSSR count). The van der Waals surface area contributed by atoms with Crippen LogP contribution in [0.5, 0.6) is 0 Å². The van der Waals surface area contributed by atoms with Gasteiger partial charge in [-0.05, 0) is 29.7 Å². The Morgan fingerprint density at radius 3 is 2.07 bits per heavy atom. The summed E-state index contributed by atoms with van der Waals surface area (Å²) in [5, 5.41) is 6.61. The zero-order chi connectivity index (χ0) is 18.4. The molecule has 0 N–H and O–H groups in total. The van der Waals surface area contributed by atoms with Crippen LogP contribution in [-0.2, 0) is 20.1 Å². The fraction of sp³-hybridized carbons (Fsp3) is 0. The molecular formula is C18H10F3IrN5-2. The van der Waals surface area contributed by atoms with Crippen LogP contribution >= 0.6 is 0 Å². The molecule has 5 nitrogen and oxygen atoms in total. The monoisotopic (exact) mass is 546 g/mol. The largest absolute Gasteiger partial charge is 0.391 e. The molecule has 0 aliphatic carbocycles. The molecule has 4 aromatic rings. The normalized spacial score (nSPS) is 9.74. The second kappa shape index (κ2) is 9.70. The maximum absolute atomic E-state index is 13.2. The van der Waals surface area contributed by atoms with Gasteiger partial charge in [0.1, 0.15) is 0 Å². The smallest absolute Gasteiger partial charge is 0.205 e. The maximum atomic E-state index is 13.2. The molecule has 3 heterocycles. The summed E-state index contributed by atoms with van der Waals surface area (Å²) in [4.78, 5) is 11.3. The number of rotatable bonds is 2. The van der Waals surface area contributed by atoms with Gasteiger partial charge in [-0.25, -0.2) is 5.10 Å². The topological polar surface area (TPSA) is 65.7 Å². The fourth-order valence-corrected chi connectivity index (χ4v) is 1.98. The SMILES string of the molecule is Fc1c[c-]c(-c2ccccn2)c(F)c1.Fc1n[n-]c(-c2ccccn2)n1.[Ir]. The third kappa shape index (κ3) is 5.54. The van der Waals surface area contributed by atoms with Crippen molar-refractivity contribution < 1.29 is 33.3 Å². The molecule has 0 saturated heterocycles. The number of pyridine rings is 2. The summed E-state index contributed by atoms with van der Waals surface area (Å²) in [6, 6.07) is 14.8. The first kappa shape index (κ1) is 20.4.